The minimum absolute atomic E-state index is 0.102. The van der Waals surface area contributed by atoms with Crippen molar-refractivity contribution in [3.05, 3.63) is 0 Å². The van der Waals surface area contributed by atoms with Crippen LogP contribution in [-0.2, 0) is 65.4 Å². The maximum Gasteiger partial charge on any atom is 0.472 e. The van der Waals surface area contributed by atoms with Crippen LogP contribution in [0, 0.1) is 11.8 Å². The first-order valence-electron chi connectivity index (χ1n) is 37.5. The second-order valence-electron chi connectivity index (χ2n) is 26.9. The monoisotopic (exact) mass is 1340 g/mol. The van der Waals surface area contributed by atoms with Gasteiger partial charge < -0.3 is 33.8 Å². The van der Waals surface area contributed by atoms with Crippen LogP contribution in [0.4, 0.5) is 0 Å². The minimum atomic E-state index is -4.95. The third kappa shape index (κ3) is 66.5. The van der Waals surface area contributed by atoms with Gasteiger partial charge in [-0.15, -0.1) is 0 Å². The third-order valence-corrected chi connectivity index (χ3v) is 18.6. The maximum absolute atomic E-state index is 13.1. The van der Waals surface area contributed by atoms with Crippen molar-refractivity contribution in [3.8, 4) is 0 Å². The highest BCUT2D eigenvalue weighted by molar-refractivity contribution is 7.47. The summed E-state index contributed by atoms with van der Waals surface area (Å²) in [7, 11) is -9.90. The number of phosphoric acid groups is 2. The number of rotatable bonds is 71. The molecule has 91 heavy (non-hydrogen) atoms. The van der Waals surface area contributed by atoms with Gasteiger partial charge in [0.1, 0.15) is 19.3 Å². The molecule has 0 aliphatic carbocycles. The number of esters is 4. The molecule has 0 aromatic heterocycles. The van der Waals surface area contributed by atoms with Gasteiger partial charge in [0.2, 0.25) is 0 Å². The van der Waals surface area contributed by atoms with E-state index in [9.17, 15) is 43.2 Å². The first-order chi connectivity index (χ1) is 43.9. The summed E-state index contributed by atoms with van der Waals surface area (Å²) in [6, 6.07) is 0. The molecule has 0 aliphatic rings. The van der Waals surface area contributed by atoms with Crippen LogP contribution in [-0.4, -0.2) is 96.7 Å². The fourth-order valence-electron chi connectivity index (χ4n) is 10.9. The summed E-state index contributed by atoms with van der Waals surface area (Å²) in [5.74, 6) is -0.691. The molecule has 3 N–H and O–H groups in total. The summed E-state index contributed by atoms with van der Waals surface area (Å²) in [4.78, 5) is 72.4. The molecule has 0 saturated heterocycles. The Morgan fingerprint density at radius 2 is 0.505 bits per heavy atom. The third-order valence-electron chi connectivity index (χ3n) is 16.7. The van der Waals surface area contributed by atoms with Crippen LogP contribution in [0.5, 0.6) is 0 Å². The van der Waals surface area contributed by atoms with E-state index in [1.54, 1.807) is 0 Å². The zero-order chi connectivity index (χ0) is 67.2. The van der Waals surface area contributed by atoms with Gasteiger partial charge in [0.25, 0.3) is 0 Å². The summed E-state index contributed by atoms with van der Waals surface area (Å²) in [5.41, 5.74) is 0. The summed E-state index contributed by atoms with van der Waals surface area (Å²) >= 11 is 0. The molecular formula is C72H140O17P2. The number of hydrogen-bond acceptors (Lipinski definition) is 15. The van der Waals surface area contributed by atoms with Crippen LogP contribution < -0.4 is 0 Å². The van der Waals surface area contributed by atoms with Crippen LogP contribution in [0.25, 0.3) is 0 Å². The second-order valence-corrected chi connectivity index (χ2v) is 29.8. The van der Waals surface area contributed by atoms with E-state index in [-0.39, 0.29) is 25.7 Å². The highest BCUT2D eigenvalue weighted by Gasteiger charge is 2.30. The Hall–Kier alpha value is -1.94. The molecule has 0 rings (SSSR count). The number of hydrogen-bond donors (Lipinski definition) is 3. The molecule has 540 valence electrons. The standard InChI is InChI=1S/C72H140O17P2/c1-7-9-11-13-15-16-17-18-19-20-21-22-23-24-25-26-29-33-37-44-50-56-71(76)88-67(61-83-70(75)55-49-43-36-32-30-27-28-31-35-40-46-52-64(3)4)62-86-90(78,79)84-58-66(73)59-85-91(80,81)87-63-68(60-82-69(74)54-48-42-34-14-12-10-8-2)89-72(77)57-51-45-39-38-41-47-53-65(5)6/h64-68,73H,7-63H2,1-6H3,(H,78,79)(H,80,81)/t66-,67-,68-/m1/s1. The van der Waals surface area contributed by atoms with Gasteiger partial charge in [0.05, 0.1) is 26.4 Å². The number of aliphatic hydroxyl groups excluding tert-OH is 1. The molecule has 17 nitrogen and oxygen atoms in total. The zero-order valence-electron chi connectivity index (χ0n) is 59.1. The summed E-state index contributed by atoms with van der Waals surface area (Å²) in [6.07, 6.45) is 50.5. The SMILES string of the molecule is CCCCCCCCCCCCCCCCCCCCCCCC(=O)O[C@H](COC(=O)CCCCCCCCCCCCCC(C)C)COP(=O)(O)OC[C@@H](O)COP(=O)(O)OC[C@@H](COC(=O)CCCCCCCCC)OC(=O)CCCCCCCCC(C)C. The fourth-order valence-corrected chi connectivity index (χ4v) is 12.5. The van der Waals surface area contributed by atoms with E-state index < -0.39 is 97.5 Å². The van der Waals surface area contributed by atoms with Gasteiger partial charge in [-0.1, -0.05) is 318 Å². The molecule has 0 amide bonds. The summed E-state index contributed by atoms with van der Waals surface area (Å²) in [5, 5.41) is 10.6. The normalized spacial score (nSPS) is 14.1. The average molecular weight is 1340 g/mol. The van der Waals surface area contributed by atoms with Crippen molar-refractivity contribution in [3.63, 3.8) is 0 Å². The molecule has 0 spiro atoms. The summed E-state index contributed by atoms with van der Waals surface area (Å²) < 4.78 is 68.2. The molecule has 0 bridgehead atoms. The lowest BCUT2D eigenvalue weighted by Crippen LogP contribution is -2.30. The predicted octanol–water partition coefficient (Wildman–Crippen LogP) is 20.8. The van der Waals surface area contributed by atoms with Gasteiger partial charge in [-0.05, 0) is 37.5 Å². The topological polar surface area (TPSA) is 237 Å². The molecule has 2 unspecified atom stereocenters. The molecule has 0 aliphatic heterocycles. The Bertz CT molecular complexity index is 1770. The molecule has 0 aromatic rings. The Balaban J connectivity index is 5.14. The Kier molecular flexibility index (Phi) is 62.7. The summed E-state index contributed by atoms with van der Waals surface area (Å²) in [6.45, 7) is 9.42. The van der Waals surface area contributed by atoms with Crippen LogP contribution in [0.1, 0.15) is 369 Å². The number of phosphoric ester groups is 2. The van der Waals surface area contributed by atoms with Gasteiger partial charge in [0.15, 0.2) is 12.2 Å². The molecular weight excluding hydrogens is 1200 g/mol. The van der Waals surface area contributed by atoms with E-state index in [1.165, 1.54) is 173 Å². The highest BCUT2D eigenvalue weighted by atomic mass is 31.2. The molecule has 19 heteroatoms. The smallest absolute Gasteiger partial charge is 0.462 e. The first-order valence-corrected chi connectivity index (χ1v) is 40.5. The van der Waals surface area contributed by atoms with Gasteiger partial charge in [-0.2, -0.15) is 0 Å². The lowest BCUT2D eigenvalue weighted by molar-refractivity contribution is -0.161. The van der Waals surface area contributed by atoms with E-state index in [0.29, 0.717) is 31.6 Å². The first kappa shape index (κ1) is 89.1. The van der Waals surface area contributed by atoms with Gasteiger partial charge in [-0.25, -0.2) is 9.13 Å². The Morgan fingerprint density at radius 3 is 0.747 bits per heavy atom. The zero-order valence-corrected chi connectivity index (χ0v) is 60.9. The largest absolute Gasteiger partial charge is 0.472 e. The lowest BCUT2D eigenvalue weighted by atomic mass is 10.0. The van der Waals surface area contributed by atoms with Crippen LogP contribution >= 0.6 is 15.6 Å². The minimum Gasteiger partial charge on any atom is -0.462 e. The lowest BCUT2D eigenvalue weighted by Gasteiger charge is -2.21. The Morgan fingerprint density at radius 1 is 0.297 bits per heavy atom. The molecule has 0 aromatic carbocycles. The van der Waals surface area contributed by atoms with Gasteiger partial charge in [0, 0.05) is 25.7 Å². The number of carbonyl (C=O) groups is 4. The van der Waals surface area contributed by atoms with Crippen LogP contribution in [0.15, 0.2) is 0 Å². The number of aliphatic hydroxyl groups is 1. The predicted molar refractivity (Wildman–Crippen MR) is 368 cm³/mol. The number of carbonyl (C=O) groups excluding carboxylic acids is 4. The molecule has 0 heterocycles. The quantitative estimate of drug-likeness (QED) is 0.0222. The van der Waals surface area contributed by atoms with E-state index in [0.717, 1.165) is 109 Å². The van der Waals surface area contributed by atoms with Crippen molar-refractivity contribution in [1.29, 1.82) is 0 Å². The molecule has 0 radical (unpaired) electrons. The van der Waals surface area contributed by atoms with Crippen molar-refractivity contribution in [2.24, 2.45) is 11.8 Å². The van der Waals surface area contributed by atoms with Crippen LogP contribution in [0.2, 0.25) is 0 Å². The molecule has 5 atom stereocenters. The van der Waals surface area contributed by atoms with E-state index in [2.05, 4.69) is 41.5 Å². The molecule has 0 fully saturated rings. The van der Waals surface area contributed by atoms with Crippen molar-refractivity contribution in [2.75, 3.05) is 39.6 Å². The second kappa shape index (κ2) is 64.1. The van der Waals surface area contributed by atoms with E-state index in [1.807, 2.05) is 0 Å². The maximum atomic E-state index is 13.1. The molecule has 0 saturated carbocycles. The van der Waals surface area contributed by atoms with Crippen molar-refractivity contribution >= 4 is 39.5 Å². The number of ether oxygens (including phenoxy) is 4. The van der Waals surface area contributed by atoms with E-state index in [4.69, 9.17) is 37.0 Å². The fraction of sp³-hybridized carbons (Fsp3) is 0.944. The van der Waals surface area contributed by atoms with E-state index >= 15 is 0 Å². The van der Waals surface area contributed by atoms with Gasteiger partial charge in [-0.3, -0.25) is 37.3 Å². The van der Waals surface area contributed by atoms with Gasteiger partial charge >= 0.3 is 39.5 Å². The van der Waals surface area contributed by atoms with Crippen molar-refractivity contribution in [1.82, 2.24) is 0 Å². The average Bonchev–Trinajstić information content (AvgIpc) is 3.32. The number of unbranched alkanes of at least 4 members (excludes halogenated alkanes) is 41. The van der Waals surface area contributed by atoms with Crippen molar-refractivity contribution in [2.45, 2.75) is 387 Å². The Labute approximate surface area is 556 Å². The van der Waals surface area contributed by atoms with Crippen LogP contribution in [0.3, 0.4) is 0 Å². The highest BCUT2D eigenvalue weighted by Crippen LogP contribution is 2.45. The van der Waals surface area contributed by atoms with Crippen molar-refractivity contribution < 1.29 is 80.2 Å².